The van der Waals surface area contributed by atoms with Crippen LogP contribution in [0.5, 0.6) is 0 Å². The minimum atomic E-state index is -1.95. The highest BCUT2D eigenvalue weighted by atomic mass is 127. The molecule has 12 heteroatoms. The van der Waals surface area contributed by atoms with Gasteiger partial charge in [0, 0.05) is 21.3 Å². The van der Waals surface area contributed by atoms with Gasteiger partial charge in [-0.2, -0.15) is 0 Å². The highest BCUT2D eigenvalue weighted by molar-refractivity contribution is 14.1. The Hall–Kier alpha value is -1.40. The Labute approximate surface area is 194 Å². The van der Waals surface area contributed by atoms with Crippen molar-refractivity contribution in [1.29, 1.82) is 0 Å². The molecule has 0 aliphatic heterocycles. The first-order chi connectivity index (χ1) is 13.1. The van der Waals surface area contributed by atoms with Crippen molar-refractivity contribution in [2.45, 2.75) is 9.96 Å². The standard InChI is InChI=1S/C16H12Cl3IN4O3S/c17-16(18,19)14(23-15(28)21-12-7-2-1-6-11(12)20)22-13(25)9-4-3-5-10(8-9)24(26)27/h1-8,14H,(H,22,25)(H2,21,23,28)/t14-/m1/s1. The van der Waals surface area contributed by atoms with Crippen LogP contribution in [0.15, 0.2) is 48.5 Å². The van der Waals surface area contributed by atoms with Gasteiger partial charge in [0.05, 0.1) is 10.6 Å². The Balaban J connectivity index is 2.12. The van der Waals surface area contributed by atoms with Gasteiger partial charge >= 0.3 is 0 Å². The van der Waals surface area contributed by atoms with Crippen molar-refractivity contribution in [3.63, 3.8) is 0 Å². The average molecular weight is 574 g/mol. The second kappa shape index (κ2) is 9.88. The van der Waals surface area contributed by atoms with Crippen molar-refractivity contribution in [2.24, 2.45) is 0 Å². The van der Waals surface area contributed by atoms with Crippen LogP contribution in [-0.2, 0) is 0 Å². The highest BCUT2D eigenvalue weighted by Gasteiger charge is 2.35. The quantitative estimate of drug-likeness (QED) is 0.121. The second-order valence-electron chi connectivity index (χ2n) is 5.33. The number of rotatable bonds is 5. The third-order valence-electron chi connectivity index (χ3n) is 3.32. The molecule has 0 saturated heterocycles. The van der Waals surface area contributed by atoms with Crippen LogP contribution >= 0.6 is 69.6 Å². The van der Waals surface area contributed by atoms with Crippen LogP contribution in [0.4, 0.5) is 11.4 Å². The number of nitro groups is 1. The van der Waals surface area contributed by atoms with Crippen molar-refractivity contribution in [2.75, 3.05) is 5.32 Å². The Bertz CT molecular complexity index is 911. The lowest BCUT2D eigenvalue weighted by molar-refractivity contribution is -0.384. The molecular weight excluding hydrogens is 562 g/mol. The van der Waals surface area contributed by atoms with E-state index in [1.54, 1.807) is 0 Å². The summed E-state index contributed by atoms with van der Waals surface area (Å²) in [6, 6.07) is 12.5. The number of para-hydroxylation sites is 1. The summed E-state index contributed by atoms with van der Waals surface area (Å²) >= 11 is 25.2. The second-order valence-corrected chi connectivity index (χ2v) is 9.27. The average Bonchev–Trinajstić information content (AvgIpc) is 2.62. The Kier molecular flexibility index (Phi) is 8.07. The van der Waals surface area contributed by atoms with Crippen molar-refractivity contribution in [3.8, 4) is 0 Å². The third-order valence-corrected chi connectivity index (χ3v) is 5.13. The van der Waals surface area contributed by atoms with E-state index in [0.29, 0.717) is 0 Å². The molecule has 1 atom stereocenters. The maximum atomic E-state index is 12.5. The van der Waals surface area contributed by atoms with E-state index in [1.807, 2.05) is 24.3 Å². The van der Waals surface area contributed by atoms with Crippen LogP contribution in [0, 0.1) is 13.7 Å². The number of hydrogen-bond acceptors (Lipinski definition) is 4. The van der Waals surface area contributed by atoms with Gasteiger partial charge in [0.2, 0.25) is 3.79 Å². The summed E-state index contributed by atoms with van der Waals surface area (Å²) in [5, 5.41) is 19.1. The summed E-state index contributed by atoms with van der Waals surface area (Å²) in [7, 11) is 0. The molecule has 0 spiro atoms. The fourth-order valence-corrected chi connectivity index (χ4v) is 3.10. The number of nitrogens with one attached hydrogen (secondary N) is 3. The van der Waals surface area contributed by atoms with Gasteiger partial charge in [0.25, 0.3) is 11.6 Å². The summed E-state index contributed by atoms with van der Waals surface area (Å²) in [6.45, 7) is 0. The number of anilines is 1. The lowest BCUT2D eigenvalue weighted by Gasteiger charge is -2.28. The van der Waals surface area contributed by atoms with E-state index < -0.39 is 20.8 Å². The van der Waals surface area contributed by atoms with Gasteiger partial charge in [-0.25, -0.2) is 0 Å². The molecule has 28 heavy (non-hydrogen) atoms. The summed E-state index contributed by atoms with van der Waals surface area (Å²) < 4.78 is -1.04. The lowest BCUT2D eigenvalue weighted by Crippen LogP contribution is -2.56. The first kappa shape index (κ1) is 22.9. The van der Waals surface area contributed by atoms with Gasteiger partial charge in [-0.1, -0.05) is 53.0 Å². The third kappa shape index (κ3) is 6.59. The van der Waals surface area contributed by atoms with E-state index in [9.17, 15) is 14.9 Å². The number of hydrogen-bond donors (Lipinski definition) is 3. The molecule has 0 bridgehead atoms. The molecule has 0 fully saturated rings. The zero-order valence-corrected chi connectivity index (χ0v) is 19.0. The van der Waals surface area contributed by atoms with Gasteiger partial charge in [-0.3, -0.25) is 14.9 Å². The minimum Gasteiger partial charge on any atom is -0.339 e. The molecule has 0 aliphatic rings. The van der Waals surface area contributed by atoms with Gasteiger partial charge < -0.3 is 16.0 Å². The highest BCUT2D eigenvalue weighted by Crippen LogP contribution is 2.29. The number of alkyl halides is 3. The predicted octanol–water partition coefficient (Wildman–Crippen LogP) is 4.61. The van der Waals surface area contributed by atoms with Crippen LogP contribution in [0.1, 0.15) is 10.4 Å². The topological polar surface area (TPSA) is 96.3 Å². The van der Waals surface area contributed by atoms with Gasteiger partial charge in [0.15, 0.2) is 5.11 Å². The van der Waals surface area contributed by atoms with E-state index in [1.165, 1.54) is 18.2 Å². The molecule has 0 aliphatic carbocycles. The Morgan fingerprint density at radius 2 is 1.82 bits per heavy atom. The van der Waals surface area contributed by atoms with Crippen molar-refractivity contribution < 1.29 is 9.72 Å². The summed E-state index contributed by atoms with van der Waals surface area (Å²) in [6.07, 6.45) is -1.20. The van der Waals surface area contributed by atoms with Crippen molar-refractivity contribution in [1.82, 2.24) is 10.6 Å². The number of amides is 1. The fraction of sp³-hybridized carbons (Fsp3) is 0.125. The largest absolute Gasteiger partial charge is 0.339 e. The molecule has 148 valence electrons. The van der Waals surface area contributed by atoms with Crippen molar-refractivity contribution in [3.05, 3.63) is 67.8 Å². The SMILES string of the molecule is O=C(N[C@H](NC(=S)Nc1ccccc1I)C(Cl)(Cl)Cl)c1cccc([N+](=O)[O-])c1. The number of benzene rings is 2. The van der Waals surface area contributed by atoms with Crippen LogP contribution in [0.3, 0.4) is 0 Å². The monoisotopic (exact) mass is 572 g/mol. The molecule has 0 radical (unpaired) electrons. The zero-order chi connectivity index (χ0) is 20.9. The Morgan fingerprint density at radius 1 is 1.14 bits per heavy atom. The molecule has 0 heterocycles. The van der Waals surface area contributed by atoms with Gasteiger partial charge in [0.1, 0.15) is 6.17 Å². The molecule has 2 aromatic rings. The number of halogens is 4. The number of carbonyl (C=O) groups excluding carboxylic acids is 1. The predicted molar refractivity (Wildman–Crippen MR) is 123 cm³/mol. The zero-order valence-electron chi connectivity index (χ0n) is 13.8. The van der Waals surface area contributed by atoms with Crippen LogP contribution in [-0.4, -0.2) is 25.9 Å². The van der Waals surface area contributed by atoms with Crippen LogP contribution in [0.2, 0.25) is 0 Å². The van der Waals surface area contributed by atoms with Crippen LogP contribution in [0.25, 0.3) is 0 Å². The molecule has 7 nitrogen and oxygen atoms in total. The van der Waals surface area contributed by atoms with E-state index in [0.717, 1.165) is 15.3 Å². The summed E-state index contributed by atoms with van der Waals surface area (Å²) in [4.78, 5) is 22.7. The maximum absolute atomic E-state index is 12.5. The maximum Gasteiger partial charge on any atom is 0.270 e. The fourth-order valence-electron chi connectivity index (χ4n) is 2.03. The molecule has 3 N–H and O–H groups in total. The number of nitro benzene ring substituents is 1. The number of carbonyl (C=O) groups is 1. The Morgan fingerprint density at radius 3 is 2.43 bits per heavy atom. The van der Waals surface area contributed by atoms with E-state index >= 15 is 0 Å². The molecule has 0 unspecified atom stereocenters. The van der Waals surface area contributed by atoms with Gasteiger partial charge in [-0.05, 0) is 53.0 Å². The van der Waals surface area contributed by atoms with E-state index in [4.69, 9.17) is 47.0 Å². The summed E-state index contributed by atoms with van der Waals surface area (Å²) in [5.74, 6) is -0.676. The first-order valence-electron chi connectivity index (χ1n) is 7.52. The number of non-ortho nitro benzene ring substituents is 1. The minimum absolute atomic E-state index is 0.0340. The van der Waals surface area contributed by atoms with Crippen molar-refractivity contribution >= 4 is 92.0 Å². The first-order valence-corrected chi connectivity index (χ1v) is 10.1. The van der Waals surface area contributed by atoms with E-state index in [2.05, 4.69) is 38.5 Å². The molecule has 2 aromatic carbocycles. The van der Waals surface area contributed by atoms with Gasteiger partial charge in [-0.15, -0.1) is 0 Å². The molecule has 0 aromatic heterocycles. The smallest absolute Gasteiger partial charge is 0.270 e. The molecule has 2 rings (SSSR count). The summed E-state index contributed by atoms with van der Waals surface area (Å²) in [5.41, 5.74) is 0.530. The molecule has 1 amide bonds. The number of thiocarbonyl (C=S) groups is 1. The normalized spacial score (nSPS) is 12.0. The van der Waals surface area contributed by atoms with E-state index in [-0.39, 0.29) is 16.4 Å². The molecular formula is C16H12Cl3IN4O3S. The number of nitrogens with zero attached hydrogens (tertiary/aromatic N) is 1. The molecule has 0 saturated carbocycles. The lowest BCUT2D eigenvalue weighted by atomic mass is 10.2. The van der Waals surface area contributed by atoms with Crippen LogP contribution < -0.4 is 16.0 Å².